The summed E-state index contributed by atoms with van der Waals surface area (Å²) in [6.07, 6.45) is 0. The maximum absolute atomic E-state index is 4.00. The second-order valence-corrected chi connectivity index (χ2v) is 4.46. The summed E-state index contributed by atoms with van der Waals surface area (Å²) in [5.41, 5.74) is 4.68. The number of fused-ring (bicyclic) bond motifs is 2. The van der Waals surface area contributed by atoms with Gasteiger partial charge in [-0.25, -0.2) is 0 Å². The predicted molar refractivity (Wildman–Crippen MR) is 69.9 cm³/mol. The van der Waals surface area contributed by atoms with Gasteiger partial charge in [-0.3, -0.25) is 5.10 Å². The van der Waals surface area contributed by atoms with Crippen LogP contribution in [0.2, 0.25) is 0 Å². The van der Waals surface area contributed by atoms with Gasteiger partial charge in [0, 0.05) is 17.6 Å². The summed E-state index contributed by atoms with van der Waals surface area (Å²) < 4.78 is 0. The van der Waals surface area contributed by atoms with Gasteiger partial charge in [0.1, 0.15) is 5.52 Å². The molecule has 2 heterocycles. The molecular weight excluding hydrogens is 247 g/mol. The summed E-state index contributed by atoms with van der Waals surface area (Å²) >= 11 is 0. The minimum atomic E-state index is 0. The van der Waals surface area contributed by atoms with Crippen molar-refractivity contribution >= 4 is 41.5 Å². The van der Waals surface area contributed by atoms with Crippen LogP contribution in [0.15, 0.2) is 12.1 Å². The van der Waals surface area contributed by atoms with Crippen molar-refractivity contribution in [1.82, 2.24) is 15.4 Å². The fourth-order valence-electron chi connectivity index (χ4n) is 2.01. The minimum Gasteiger partial charge on any atom is -0.384 e. The zero-order chi connectivity index (χ0) is 9.76. The number of halogens is 2. The van der Waals surface area contributed by atoms with Gasteiger partial charge in [0.2, 0.25) is 0 Å². The first-order valence-corrected chi connectivity index (χ1v) is 4.76. The van der Waals surface area contributed by atoms with Crippen LogP contribution in [0.1, 0.15) is 19.4 Å². The fourth-order valence-corrected chi connectivity index (χ4v) is 2.01. The fraction of sp³-hybridized carbons (Fsp3) is 0.400. The number of anilines is 1. The number of benzene rings is 1. The van der Waals surface area contributed by atoms with Crippen molar-refractivity contribution in [3.05, 3.63) is 17.7 Å². The minimum absolute atomic E-state index is 0. The SMILES string of the molecule is CC1(C)CNc2cc3nn[nH]c3cc21.Cl.Cl. The monoisotopic (exact) mass is 260 g/mol. The molecule has 0 unspecified atom stereocenters. The molecule has 1 aromatic carbocycles. The summed E-state index contributed by atoms with van der Waals surface area (Å²) in [6, 6.07) is 4.20. The average Bonchev–Trinajstić information content (AvgIpc) is 2.69. The van der Waals surface area contributed by atoms with E-state index in [0.29, 0.717) is 0 Å². The van der Waals surface area contributed by atoms with E-state index in [4.69, 9.17) is 0 Å². The molecule has 16 heavy (non-hydrogen) atoms. The number of nitrogens with one attached hydrogen (secondary N) is 2. The number of aromatic nitrogens is 3. The Hall–Kier alpha value is -1.000. The lowest BCUT2D eigenvalue weighted by molar-refractivity contribution is 0.586. The van der Waals surface area contributed by atoms with Gasteiger partial charge in [-0.1, -0.05) is 19.1 Å². The van der Waals surface area contributed by atoms with Crippen LogP contribution >= 0.6 is 24.8 Å². The second-order valence-electron chi connectivity index (χ2n) is 4.46. The topological polar surface area (TPSA) is 53.6 Å². The van der Waals surface area contributed by atoms with Crippen molar-refractivity contribution in [2.24, 2.45) is 0 Å². The molecule has 0 saturated heterocycles. The Bertz CT molecular complexity index is 506. The van der Waals surface area contributed by atoms with Crippen LogP contribution in [0, 0.1) is 0 Å². The third-order valence-corrected chi connectivity index (χ3v) is 2.91. The Morgan fingerprint density at radius 1 is 1.25 bits per heavy atom. The second kappa shape index (κ2) is 4.11. The van der Waals surface area contributed by atoms with Gasteiger partial charge in [0.25, 0.3) is 0 Å². The molecule has 0 spiro atoms. The molecule has 0 aliphatic carbocycles. The summed E-state index contributed by atoms with van der Waals surface area (Å²) in [7, 11) is 0. The van der Waals surface area contributed by atoms with Gasteiger partial charge in [-0.2, -0.15) is 0 Å². The van der Waals surface area contributed by atoms with E-state index < -0.39 is 0 Å². The van der Waals surface area contributed by atoms with E-state index in [1.165, 1.54) is 11.3 Å². The highest BCUT2D eigenvalue weighted by molar-refractivity contribution is 5.85. The van der Waals surface area contributed by atoms with Gasteiger partial charge in [-0.15, -0.1) is 29.9 Å². The molecule has 3 rings (SSSR count). The molecule has 0 fully saturated rings. The van der Waals surface area contributed by atoms with E-state index in [9.17, 15) is 0 Å². The molecule has 1 aliphatic rings. The molecule has 1 aromatic heterocycles. The molecule has 0 amide bonds. The molecule has 88 valence electrons. The van der Waals surface area contributed by atoms with Crippen LogP contribution < -0.4 is 5.32 Å². The number of aromatic amines is 1. The quantitative estimate of drug-likeness (QED) is 0.766. The predicted octanol–water partition coefficient (Wildman–Crippen LogP) is 2.50. The van der Waals surface area contributed by atoms with Crippen LogP contribution in [-0.4, -0.2) is 22.0 Å². The highest BCUT2D eigenvalue weighted by Gasteiger charge is 2.30. The third-order valence-electron chi connectivity index (χ3n) is 2.91. The highest BCUT2D eigenvalue weighted by atomic mass is 35.5. The van der Waals surface area contributed by atoms with Crippen molar-refractivity contribution in [3.63, 3.8) is 0 Å². The van der Waals surface area contributed by atoms with E-state index in [2.05, 4.69) is 46.7 Å². The molecular formula is C10H14Cl2N4. The van der Waals surface area contributed by atoms with Crippen LogP contribution in [0.4, 0.5) is 5.69 Å². The normalized spacial score (nSPS) is 15.9. The first-order valence-electron chi connectivity index (χ1n) is 4.76. The number of rotatable bonds is 0. The van der Waals surface area contributed by atoms with Crippen molar-refractivity contribution in [3.8, 4) is 0 Å². The van der Waals surface area contributed by atoms with Crippen LogP contribution in [0.5, 0.6) is 0 Å². The number of hydrogen-bond donors (Lipinski definition) is 2. The average molecular weight is 261 g/mol. The maximum atomic E-state index is 4.00. The van der Waals surface area contributed by atoms with Crippen LogP contribution in [0.3, 0.4) is 0 Å². The zero-order valence-electron chi connectivity index (χ0n) is 9.07. The lowest BCUT2D eigenvalue weighted by Crippen LogP contribution is -2.18. The van der Waals surface area contributed by atoms with Gasteiger partial charge in [0.05, 0.1) is 5.52 Å². The van der Waals surface area contributed by atoms with Crippen molar-refractivity contribution in [1.29, 1.82) is 0 Å². The van der Waals surface area contributed by atoms with E-state index in [0.717, 1.165) is 17.6 Å². The Morgan fingerprint density at radius 2 is 2.00 bits per heavy atom. The van der Waals surface area contributed by atoms with Crippen molar-refractivity contribution in [2.45, 2.75) is 19.3 Å². The Balaban J connectivity index is 0.000000640. The van der Waals surface area contributed by atoms with Gasteiger partial charge in [0.15, 0.2) is 0 Å². The lowest BCUT2D eigenvalue weighted by atomic mass is 9.87. The molecule has 0 bridgehead atoms. The standard InChI is InChI=1S/C10H12N4.2ClH/c1-10(2)5-11-7-4-9-8(3-6(7)10)12-14-13-9;;/h3-4,11H,5H2,1-2H3,(H,12,13,14);2*1H. The summed E-state index contributed by atoms with van der Waals surface area (Å²) in [6.45, 7) is 5.46. The van der Waals surface area contributed by atoms with Gasteiger partial charge < -0.3 is 5.32 Å². The molecule has 0 radical (unpaired) electrons. The van der Waals surface area contributed by atoms with Crippen LogP contribution in [0.25, 0.3) is 11.0 Å². The third kappa shape index (κ3) is 1.72. The molecule has 2 aromatic rings. The number of hydrogen-bond acceptors (Lipinski definition) is 3. The summed E-state index contributed by atoms with van der Waals surface area (Å²) in [5, 5.41) is 14.1. The summed E-state index contributed by atoms with van der Waals surface area (Å²) in [5.74, 6) is 0. The molecule has 1 aliphatic heterocycles. The van der Waals surface area contributed by atoms with Gasteiger partial charge in [-0.05, 0) is 17.7 Å². The smallest absolute Gasteiger partial charge is 0.114 e. The zero-order valence-corrected chi connectivity index (χ0v) is 10.7. The first kappa shape index (κ1) is 13.1. The van der Waals surface area contributed by atoms with Crippen molar-refractivity contribution in [2.75, 3.05) is 11.9 Å². The summed E-state index contributed by atoms with van der Waals surface area (Å²) in [4.78, 5) is 0. The Kier molecular flexibility index (Phi) is 3.35. The van der Waals surface area contributed by atoms with E-state index in [1.54, 1.807) is 0 Å². The first-order chi connectivity index (χ1) is 6.67. The maximum Gasteiger partial charge on any atom is 0.114 e. The van der Waals surface area contributed by atoms with E-state index in [-0.39, 0.29) is 30.2 Å². The van der Waals surface area contributed by atoms with E-state index in [1.807, 2.05) is 0 Å². The lowest BCUT2D eigenvalue weighted by Gasteiger charge is -2.16. The highest BCUT2D eigenvalue weighted by Crippen LogP contribution is 2.37. The molecule has 2 N–H and O–H groups in total. The van der Waals surface area contributed by atoms with Crippen molar-refractivity contribution < 1.29 is 0 Å². The Labute approximate surface area is 106 Å². The molecule has 0 atom stereocenters. The molecule has 6 heteroatoms. The van der Waals surface area contributed by atoms with Crippen LogP contribution in [-0.2, 0) is 5.41 Å². The largest absolute Gasteiger partial charge is 0.384 e. The number of H-pyrrole nitrogens is 1. The number of nitrogens with zero attached hydrogens (tertiary/aromatic N) is 2. The van der Waals surface area contributed by atoms with Gasteiger partial charge >= 0.3 is 0 Å². The Morgan fingerprint density at radius 3 is 2.75 bits per heavy atom. The van der Waals surface area contributed by atoms with E-state index >= 15 is 0 Å². The molecule has 4 nitrogen and oxygen atoms in total. The molecule has 0 saturated carbocycles.